The van der Waals surface area contributed by atoms with Crippen LogP contribution in [-0.2, 0) is 9.53 Å². The van der Waals surface area contributed by atoms with E-state index in [1.165, 1.54) is 0 Å². The van der Waals surface area contributed by atoms with Gasteiger partial charge in [-0.05, 0) is 6.42 Å². The molecule has 3 rings (SSSR count). The van der Waals surface area contributed by atoms with E-state index in [1.807, 2.05) is 24.3 Å². The minimum Gasteiger partial charge on any atom is -0.452 e. The van der Waals surface area contributed by atoms with Gasteiger partial charge in [-0.15, -0.1) is 11.6 Å². The number of halogens is 3. The first-order valence-electron chi connectivity index (χ1n) is 5.10. The van der Waals surface area contributed by atoms with Gasteiger partial charge in [0.2, 0.25) is 0 Å². The Hall–Kier alpha value is -0.180. The predicted octanol–water partition coefficient (Wildman–Crippen LogP) is 2.83. The Morgan fingerprint density at radius 1 is 1.38 bits per heavy atom. The lowest BCUT2D eigenvalue weighted by molar-refractivity contribution is -0.236. The van der Waals surface area contributed by atoms with Crippen molar-refractivity contribution in [1.29, 1.82) is 0 Å². The molecule has 86 valence electrons. The van der Waals surface area contributed by atoms with E-state index in [0.717, 1.165) is 6.42 Å². The summed E-state index contributed by atoms with van der Waals surface area (Å²) in [6, 6.07) is 0. The third-order valence-electron chi connectivity index (χ3n) is 3.73. The molecule has 0 unspecified atom stereocenters. The van der Waals surface area contributed by atoms with Gasteiger partial charge in [0.05, 0.1) is 0 Å². The highest BCUT2D eigenvalue weighted by atomic mass is 35.5. The van der Waals surface area contributed by atoms with E-state index < -0.39 is 21.3 Å². The summed E-state index contributed by atoms with van der Waals surface area (Å²) in [5.74, 6) is -0.360. The second kappa shape index (κ2) is 3.18. The van der Waals surface area contributed by atoms with Crippen LogP contribution >= 0.6 is 34.8 Å². The van der Waals surface area contributed by atoms with E-state index in [0.29, 0.717) is 0 Å². The Labute approximate surface area is 108 Å². The number of carbonyl (C=O) groups is 1. The standard InChI is InChI=1S/C11H9Cl3O2/c12-8-9(15)16-10(8)6-4-2-1-3-5-7(6)11(10,13)14/h1-3,5-8H,4H2/t6-,7+,8-,10+/m0/s1. The first-order chi connectivity index (χ1) is 7.52. The first-order valence-corrected chi connectivity index (χ1v) is 6.29. The number of hydrogen-bond donors (Lipinski definition) is 0. The number of esters is 1. The Morgan fingerprint density at radius 2 is 2.12 bits per heavy atom. The summed E-state index contributed by atoms with van der Waals surface area (Å²) in [5.41, 5.74) is -0.904. The molecule has 1 saturated heterocycles. The van der Waals surface area contributed by atoms with Gasteiger partial charge in [-0.2, -0.15) is 0 Å². The molecule has 1 aliphatic heterocycles. The van der Waals surface area contributed by atoms with E-state index in [1.54, 1.807) is 0 Å². The zero-order chi connectivity index (χ0) is 11.6. The van der Waals surface area contributed by atoms with E-state index in [-0.39, 0.29) is 11.8 Å². The zero-order valence-electron chi connectivity index (χ0n) is 8.20. The zero-order valence-corrected chi connectivity index (χ0v) is 10.5. The number of rotatable bonds is 0. The molecule has 0 N–H and O–H groups in total. The van der Waals surface area contributed by atoms with Crippen molar-refractivity contribution in [3.05, 3.63) is 24.3 Å². The maximum absolute atomic E-state index is 11.2. The van der Waals surface area contributed by atoms with Gasteiger partial charge in [0.15, 0.2) is 15.3 Å². The van der Waals surface area contributed by atoms with Crippen molar-refractivity contribution in [3.63, 3.8) is 0 Å². The van der Waals surface area contributed by atoms with E-state index in [9.17, 15) is 4.79 Å². The fraction of sp³-hybridized carbons (Fsp3) is 0.545. The Bertz CT molecular complexity index is 415. The van der Waals surface area contributed by atoms with Crippen LogP contribution in [0.15, 0.2) is 24.3 Å². The lowest BCUT2D eigenvalue weighted by Gasteiger charge is -2.66. The van der Waals surface area contributed by atoms with Crippen molar-refractivity contribution in [3.8, 4) is 0 Å². The quantitative estimate of drug-likeness (QED) is 0.503. The smallest absolute Gasteiger partial charge is 0.329 e. The Kier molecular flexibility index (Phi) is 2.18. The molecule has 0 amide bonds. The molecule has 4 atom stereocenters. The molecule has 0 radical (unpaired) electrons. The highest BCUT2D eigenvalue weighted by Gasteiger charge is 2.81. The van der Waals surface area contributed by atoms with Gasteiger partial charge in [-0.1, -0.05) is 47.5 Å². The third-order valence-corrected chi connectivity index (χ3v) is 5.33. The molecule has 1 spiro atoms. The van der Waals surface area contributed by atoms with Crippen molar-refractivity contribution < 1.29 is 9.53 Å². The Morgan fingerprint density at radius 3 is 2.75 bits per heavy atom. The largest absolute Gasteiger partial charge is 0.452 e. The lowest BCUT2D eigenvalue weighted by atomic mass is 9.55. The summed E-state index contributed by atoms with van der Waals surface area (Å²) in [4.78, 5) is 11.2. The van der Waals surface area contributed by atoms with Crippen LogP contribution in [0.4, 0.5) is 0 Å². The second-order valence-corrected chi connectivity index (χ2v) is 6.20. The number of alkyl halides is 3. The molecule has 1 heterocycles. The molecule has 16 heavy (non-hydrogen) atoms. The minimum atomic E-state index is -1.11. The van der Waals surface area contributed by atoms with Crippen molar-refractivity contribution in [2.75, 3.05) is 0 Å². The van der Waals surface area contributed by atoms with Crippen LogP contribution in [0.5, 0.6) is 0 Å². The normalized spacial score (nSPS) is 47.7. The molecule has 0 bridgehead atoms. The number of carbonyl (C=O) groups excluding carboxylic acids is 1. The van der Waals surface area contributed by atoms with Gasteiger partial charge >= 0.3 is 5.97 Å². The van der Waals surface area contributed by atoms with Crippen LogP contribution in [0.25, 0.3) is 0 Å². The van der Waals surface area contributed by atoms with Crippen molar-refractivity contribution in [2.24, 2.45) is 11.8 Å². The van der Waals surface area contributed by atoms with Crippen LogP contribution in [-0.4, -0.2) is 21.3 Å². The van der Waals surface area contributed by atoms with Crippen molar-refractivity contribution >= 4 is 40.8 Å². The van der Waals surface area contributed by atoms with Gasteiger partial charge in [-0.25, -0.2) is 0 Å². The van der Waals surface area contributed by atoms with Gasteiger partial charge < -0.3 is 4.74 Å². The molecular formula is C11H9Cl3O2. The van der Waals surface area contributed by atoms with Crippen LogP contribution in [0, 0.1) is 11.8 Å². The average molecular weight is 280 g/mol. The number of hydrogen-bond acceptors (Lipinski definition) is 2. The summed E-state index contributed by atoms with van der Waals surface area (Å²) >= 11 is 18.6. The summed E-state index contributed by atoms with van der Waals surface area (Å²) in [5, 5.41) is -0.733. The fourth-order valence-electron chi connectivity index (χ4n) is 2.88. The lowest BCUT2D eigenvalue weighted by Crippen LogP contribution is -2.82. The van der Waals surface area contributed by atoms with Gasteiger partial charge in [0, 0.05) is 11.8 Å². The van der Waals surface area contributed by atoms with Crippen LogP contribution in [0.1, 0.15) is 6.42 Å². The van der Waals surface area contributed by atoms with E-state index >= 15 is 0 Å². The second-order valence-electron chi connectivity index (χ2n) is 4.38. The molecule has 2 nitrogen and oxygen atoms in total. The summed E-state index contributed by atoms with van der Waals surface area (Å²) in [7, 11) is 0. The Balaban J connectivity index is 1.99. The molecule has 2 fully saturated rings. The highest BCUT2D eigenvalue weighted by Crippen LogP contribution is 2.68. The topological polar surface area (TPSA) is 26.3 Å². The van der Waals surface area contributed by atoms with Gasteiger partial charge in [-0.3, -0.25) is 4.79 Å². The maximum atomic E-state index is 11.2. The molecule has 3 aliphatic rings. The minimum absolute atomic E-state index is 0.0137. The molecular weight excluding hydrogens is 270 g/mol. The number of fused-ring (bicyclic) bond motifs is 2. The van der Waals surface area contributed by atoms with Gasteiger partial charge in [0.25, 0.3) is 0 Å². The van der Waals surface area contributed by atoms with Crippen LogP contribution in [0.2, 0.25) is 0 Å². The van der Waals surface area contributed by atoms with Gasteiger partial charge in [0.1, 0.15) is 0 Å². The molecule has 2 aliphatic carbocycles. The van der Waals surface area contributed by atoms with Crippen molar-refractivity contribution in [1.82, 2.24) is 0 Å². The maximum Gasteiger partial charge on any atom is 0.329 e. The summed E-state index contributed by atoms with van der Waals surface area (Å²) < 4.78 is 4.10. The van der Waals surface area contributed by atoms with E-state index in [2.05, 4.69) is 0 Å². The van der Waals surface area contributed by atoms with E-state index in [4.69, 9.17) is 39.5 Å². The molecule has 0 aromatic heterocycles. The van der Waals surface area contributed by atoms with Crippen molar-refractivity contribution in [2.45, 2.75) is 21.7 Å². The van der Waals surface area contributed by atoms with Crippen LogP contribution < -0.4 is 0 Å². The molecule has 5 heteroatoms. The van der Waals surface area contributed by atoms with Crippen LogP contribution in [0.3, 0.4) is 0 Å². The summed E-state index contributed by atoms with van der Waals surface area (Å²) in [6.07, 6.45) is 8.60. The molecule has 0 aromatic carbocycles. The predicted molar refractivity (Wildman–Crippen MR) is 62.8 cm³/mol. The first kappa shape index (κ1) is 10.9. The molecule has 1 saturated carbocycles. The summed E-state index contributed by atoms with van der Waals surface area (Å²) in [6.45, 7) is 0. The third kappa shape index (κ3) is 0.993. The number of ether oxygens (including phenoxy) is 1. The number of allylic oxidation sites excluding steroid dienone is 4. The molecule has 0 aromatic rings. The SMILES string of the molecule is O=C1O[C@@]2([C@H]1Cl)[C@H]1CC=CC=C[C@H]1C2(Cl)Cl. The fourth-order valence-corrected chi connectivity index (χ4v) is 4.44. The highest BCUT2D eigenvalue weighted by molar-refractivity contribution is 6.52. The average Bonchev–Trinajstić information content (AvgIpc) is 2.48. The monoisotopic (exact) mass is 278 g/mol.